The molecule has 42 heavy (non-hydrogen) atoms. The van der Waals surface area contributed by atoms with Gasteiger partial charge in [0.25, 0.3) is 0 Å². The molecule has 1 heterocycles. The number of methoxy groups -OCH3 is 2. The molecule has 8 nitrogen and oxygen atoms in total. The molecule has 2 saturated carbocycles. The number of benzene rings is 2. The zero-order chi connectivity index (χ0) is 29.1. The van der Waals surface area contributed by atoms with Gasteiger partial charge >= 0.3 is 0 Å². The first kappa shape index (κ1) is 31.2. The summed E-state index contributed by atoms with van der Waals surface area (Å²) in [5, 5.41) is 10.3. The molecule has 2 aliphatic carbocycles. The van der Waals surface area contributed by atoms with Crippen LogP contribution in [0.5, 0.6) is 5.75 Å². The van der Waals surface area contributed by atoms with Gasteiger partial charge in [-0.25, -0.2) is 0 Å². The number of nitrogens with zero attached hydrogens (tertiary/aromatic N) is 1. The Morgan fingerprint density at radius 3 is 2.45 bits per heavy atom. The molecule has 0 radical (unpaired) electrons. The summed E-state index contributed by atoms with van der Waals surface area (Å²) in [5.41, 5.74) is 4.66. The van der Waals surface area contributed by atoms with Crippen LogP contribution in [0.4, 0.5) is 5.69 Å². The van der Waals surface area contributed by atoms with Crippen molar-refractivity contribution in [1.29, 1.82) is 0 Å². The quantitative estimate of drug-likeness (QED) is 0.258. The van der Waals surface area contributed by atoms with Crippen LogP contribution in [0.15, 0.2) is 42.5 Å². The third-order valence-corrected chi connectivity index (χ3v) is 8.55. The Kier molecular flexibility index (Phi) is 11.9. The first-order valence-corrected chi connectivity index (χ1v) is 15.7. The second-order valence-corrected chi connectivity index (χ2v) is 12.0. The molecule has 3 aliphatic rings. The highest BCUT2D eigenvalue weighted by Crippen LogP contribution is 2.39. The topological polar surface area (TPSA) is 78.9 Å². The van der Waals surface area contributed by atoms with Gasteiger partial charge in [0.1, 0.15) is 18.5 Å². The van der Waals surface area contributed by atoms with Crippen molar-refractivity contribution in [3.05, 3.63) is 59.2 Å². The molecule has 232 valence electrons. The van der Waals surface area contributed by atoms with E-state index in [1.807, 2.05) is 0 Å². The fourth-order valence-corrected chi connectivity index (χ4v) is 6.10. The lowest BCUT2D eigenvalue weighted by Crippen LogP contribution is -2.39. The first-order valence-electron chi connectivity index (χ1n) is 15.7. The summed E-state index contributed by atoms with van der Waals surface area (Å²) in [5.74, 6) is 1.76. The van der Waals surface area contributed by atoms with E-state index < -0.39 is 6.10 Å². The molecule has 2 aromatic carbocycles. The predicted molar refractivity (Wildman–Crippen MR) is 162 cm³/mol. The summed E-state index contributed by atoms with van der Waals surface area (Å²) in [6.07, 6.45) is 5.82. The normalized spacial score (nSPS) is 22.9. The Morgan fingerprint density at radius 2 is 1.69 bits per heavy atom. The van der Waals surface area contributed by atoms with Crippen molar-refractivity contribution in [2.75, 3.05) is 65.2 Å². The Morgan fingerprint density at radius 1 is 0.905 bits per heavy atom. The molecule has 0 bridgehead atoms. The van der Waals surface area contributed by atoms with Crippen LogP contribution in [0.1, 0.15) is 61.1 Å². The van der Waals surface area contributed by atoms with Crippen molar-refractivity contribution in [3.63, 3.8) is 0 Å². The van der Waals surface area contributed by atoms with Gasteiger partial charge in [-0.2, -0.15) is 0 Å². The van der Waals surface area contributed by atoms with Gasteiger partial charge in [-0.3, -0.25) is 0 Å². The van der Waals surface area contributed by atoms with Crippen LogP contribution in [0.25, 0.3) is 0 Å². The molecule has 0 amide bonds. The lowest BCUT2D eigenvalue weighted by Gasteiger charge is -2.39. The monoisotopic (exact) mass is 583 g/mol. The smallest absolute Gasteiger partial charge is 0.142 e. The highest BCUT2D eigenvalue weighted by atomic mass is 16.5. The third kappa shape index (κ3) is 8.91. The number of rotatable bonds is 17. The molecule has 0 unspecified atom stereocenters. The molecule has 0 aromatic heterocycles. The van der Waals surface area contributed by atoms with Gasteiger partial charge in [-0.1, -0.05) is 30.3 Å². The number of aliphatic hydroxyl groups is 1. The van der Waals surface area contributed by atoms with E-state index in [0.29, 0.717) is 19.8 Å². The van der Waals surface area contributed by atoms with Crippen LogP contribution < -0.4 is 9.64 Å². The van der Waals surface area contributed by atoms with Gasteiger partial charge in [0.2, 0.25) is 0 Å². The van der Waals surface area contributed by atoms with Crippen molar-refractivity contribution >= 4 is 5.69 Å². The summed E-state index contributed by atoms with van der Waals surface area (Å²) in [4.78, 5) is 2.38. The van der Waals surface area contributed by atoms with E-state index >= 15 is 0 Å². The minimum Gasteiger partial charge on any atom is -0.490 e. The van der Waals surface area contributed by atoms with Crippen LogP contribution >= 0.6 is 0 Å². The lowest BCUT2D eigenvalue weighted by molar-refractivity contribution is -0.0928. The van der Waals surface area contributed by atoms with Crippen molar-refractivity contribution in [2.45, 2.75) is 76.0 Å². The lowest BCUT2D eigenvalue weighted by atomic mass is 9.79. The molecule has 2 aromatic rings. The highest BCUT2D eigenvalue weighted by Gasteiger charge is 2.36. The Balaban J connectivity index is 1.27. The van der Waals surface area contributed by atoms with Gasteiger partial charge in [0.05, 0.1) is 50.9 Å². The second kappa shape index (κ2) is 16.0. The van der Waals surface area contributed by atoms with E-state index in [4.69, 9.17) is 28.4 Å². The Bertz CT molecular complexity index is 1080. The molecule has 0 spiro atoms. The predicted octanol–water partition coefficient (Wildman–Crippen LogP) is 5.09. The van der Waals surface area contributed by atoms with Crippen molar-refractivity contribution in [3.8, 4) is 5.75 Å². The van der Waals surface area contributed by atoms with E-state index in [9.17, 15) is 5.11 Å². The second-order valence-electron chi connectivity index (χ2n) is 12.0. The summed E-state index contributed by atoms with van der Waals surface area (Å²) in [6.45, 7) is 5.80. The van der Waals surface area contributed by atoms with Gasteiger partial charge in [0, 0.05) is 39.9 Å². The molecule has 4 atom stereocenters. The van der Waals surface area contributed by atoms with Gasteiger partial charge < -0.3 is 38.4 Å². The summed E-state index contributed by atoms with van der Waals surface area (Å²) >= 11 is 0. The van der Waals surface area contributed by atoms with Gasteiger partial charge in [0.15, 0.2) is 0 Å². The van der Waals surface area contributed by atoms with Crippen molar-refractivity contribution in [2.24, 2.45) is 5.92 Å². The molecule has 2 fully saturated rings. The largest absolute Gasteiger partial charge is 0.490 e. The number of anilines is 1. The molecular formula is C34H49NO7. The fourth-order valence-electron chi connectivity index (χ4n) is 6.10. The van der Waals surface area contributed by atoms with Crippen molar-refractivity contribution in [1.82, 2.24) is 0 Å². The van der Waals surface area contributed by atoms with Crippen LogP contribution in [-0.4, -0.2) is 83.8 Å². The van der Waals surface area contributed by atoms with E-state index in [1.165, 1.54) is 24.0 Å². The van der Waals surface area contributed by atoms with E-state index in [-0.39, 0.29) is 31.3 Å². The molecule has 5 rings (SSSR count). The first-order chi connectivity index (χ1) is 20.6. The van der Waals surface area contributed by atoms with E-state index in [0.717, 1.165) is 74.9 Å². The molecule has 1 N–H and O–H groups in total. The number of aliphatic hydroxyl groups excluding tert-OH is 1. The number of ether oxygens (including phenoxy) is 6. The minimum absolute atomic E-state index is 0.00497. The number of hydrogen-bond acceptors (Lipinski definition) is 8. The van der Waals surface area contributed by atoms with E-state index in [1.54, 1.807) is 14.2 Å². The molecule has 8 heteroatoms. The molecular weight excluding hydrogens is 534 g/mol. The average Bonchev–Trinajstić information content (AvgIpc) is 3.84. The maximum atomic E-state index is 10.3. The average molecular weight is 584 g/mol. The SMILES string of the molecule is COCCCN1CCOc2ccc(CO[C@H]3CCC[C@@H](OC[C@H](O)COC)[C@@H]3c3ccc(COCC4CC4)cc3)cc21. The van der Waals surface area contributed by atoms with Crippen LogP contribution in [0.2, 0.25) is 0 Å². The zero-order valence-corrected chi connectivity index (χ0v) is 25.4. The molecule has 1 aliphatic heterocycles. The summed E-state index contributed by atoms with van der Waals surface area (Å²) in [7, 11) is 3.34. The maximum absolute atomic E-state index is 10.3. The number of fused-ring (bicyclic) bond motifs is 1. The Hall–Kier alpha value is -2.20. The Labute approximate surface area is 251 Å². The zero-order valence-electron chi connectivity index (χ0n) is 25.4. The van der Waals surface area contributed by atoms with E-state index in [2.05, 4.69) is 47.4 Å². The van der Waals surface area contributed by atoms with Gasteiger partial charge in [-0.05, 0) is 73.3 Å². The minimum atomic E-state index is -0.646. The van der Waals surface area contributed by atoms with Crippen LogP contribution in [0, 0.1) is 5.92 Å². The fraction of sp³-hybridized carbons (Fsp3) is 0.647. The standard InChI is InChI=1S/C34H49NO7/c1-37-17-4-15-35-16-18-40-31-14-11-27(19-30(31)35)22-41-32-5-3-6-33(42-24-29(36)23-38-2)34(32)28-12-9-26(10-13-28)21-39-20-25-7-8-25/h9-14,19,25,29,32-34,36H,3-8,15-18,20-24H2,1-2H3/t29-,32+,33-,34-/m1/s1. The van der Waals surface area contributed by atoms with Crippen molar-refractivity contribution < 1.29 is 33.5 Å². The van der Waals surface area contributed by atoms with Crippen LogP contribution in [-0.2, 0) is 36.9 Å². The molecule has 0 saturated heterocycles. The maximum Gasteiger partial charge on any atom is 0.142 e. The van der Waals surface area contributed by atoms with Crippen LogP contribution in [0.3, 0.4) is 0 Å². The summed E-state index contributed by atoms with van der Waals surface area (Å²) < 4.78 is 35.3. The third-order valence-electron chi connectivity index (χ3n) is 8.55. The summed E-state index contributed by atoms with van der Waals surface area (Å²) in [6, 6.07) is 15.2. The van der Waals surface area contributed by atoms with Gasteiger partial charge in [-0.15, -0.1) is 0 Å². The number of hydrogen-bond donors (Lipinski definition) is 1. The highest BCUT2D eigenvalue weighted by molar-refractivity contribution is 5.61.